The van der Waals surface area contributed by atoms with E-state index in [-0.39, 0.29) is 18.0 Å². The summed E-state index contributed by atoms with van der Waals surface area (Å²) < 4.78 is 46.7. The highest BCUT2D eigenvalue weighted by Gasteiger charge is 2.34. The number of hydrogen-bond acceptors (Lipinski definition) is 4. The van der Waals surface area contributed by atoms with Crippen molar-refractivity contribution >= 4 is 17.6 Å². The van der Waals surface area contributed by atoms with Crippen LogP contribution in [0, 0.1) is 0 Å². The summed E-state index contributed by atoms with van der Waals surface area (Å²) in [6.45, 7) is 8.48. The zero-order valence-electron chi connectivity index (χ0n) is 18.0. The number of amides is 1. The molecule has 0 bridgehead atoms. The van der Waals surface area contributed by atoms with Gasteiger partial charge in [-0.1, -0.05) is 6.07 Å². The lowest BCUT2D eigenvalue weighted by atomic mass is 10.1. The number of carbonyl (C=O) groups is 1. The van der Waals surface area contributed by atoms with Gasteiger partial charge in [0.2, 0.25) is 5.91 Å². The van der Waals surface area contributed by atoms with Crippen molar-refractivity contribution in [3.05, 3.63) is 29.3 Å². The van der Waals surface area contributed by atoms with Crippen LogP contribution >= 0.6 is 0 Å². The van der Waals surface area contributed by atoms with Gasteiger partial charge in [0.25, 0.3) is 0 Å². The van der Waals surface area contributed by atoms with E-state index in [0.717, 1.165) is 0 Å². The van der Waals surface area contributed by atoms with Crippen LogP contribution in [0.25, 0.3) is 0 Å². The second kappa shape index (κ2) is 10.2. The van der Waals surface area contributed by atoms with Gasteiger partial charge in [0.1, 0.15) is 0 Å². The second-order valence-corrected chi connectivity index (χ2v) is 7.60. The number of carbonyl (C=O) groups excluding carboxylic acids is 1. The number of aliphatic imine (C=N–C) groups is 1. The van der Waals surface area contributed by atoms with Crippen molar-refractivity contribution in [3.63, 3.8) is 0 Å². The molecule has 31 heavy (non-hydrogen) atoms. The van der Waals surface area contributed by atoms with Crippen molar-refractivity contribution < 1.29 is 22.7 Å². The highest BCUT2D eigenvalue weighted by Crippen LogP contribution is 2.35. The van der Waals surface area contributed by atoms with Crippen LogP contribution in [0.15, 0.2) is 23.2 Å². The first-order chi connectivity index (χ1) is 14.8. The van der Waals surface area contributed by atoms with Crippen LogP contribution in [-0.2, 0) is 22.3 Å². The lowest BCUT2D eigenvalue weighted by molar-refractivity contribution is -0.138. The van der Waals surface area contributed by atoms with E-state index in [4.69, 9.17) is 4.74 Å². The molecule has 0 atom stereocenters. The Kier molecular flexibility index (Phi) is 7.64. The molecule has 2 saturated heterocycles. The molecular formula is C21H30F3N5O2. The molecule has 2 heterocycles. The van der Waals surface area contributed by atoms with Crippen molar-refractivity contribution in [3.8, 4) is 0 Å². The van der Waals surface area contributed by atoms with Crippen LogP contribution in [0.5, 0.6) is 0 Å². The first-order valence-electron chi connectivity index (χ1n) is 10.6. The Labute approximate surface area is 180 Å². The molecular weight excluding hydrogens is 411 g/mol. The van der Waals surface area contributed by atoms with Gasteiger partial charge < -0.3 is 24.8 Å². The van der Waals surface area contributed by atoms with Crippen molar-refractivity contribution in [1.29, 1.82) is 0 Å². The van der Waals surface area contributed by atoms with Crippen LogP contribution < -0.4 is 10.2 Å². The average molecular weight is 441 g/mol. The van der Waals surface area contributed by atoms with Crippen LogP contribution in [0.3, 0.4) is 0 Å². The third kappa shape index (κ3) is 6.03. The Morgan fingerprint density at radius 2 is 1.74 bits per heavy atom. The number of hydrogen-bond donors (Lipinski definition) is 1. The maximum Gasteiger partial charge on any atom is 0.416 e. The molecule has 0 saturated carbocycles. The minimum absolute atomic E-state index is 0.0248. The minimum Gasteiger partial charge on any atom is -0.378 e. The van der Waals surface area contributed by atoms with E-state index in [9.17, 15) is 18.0 Å². The largest absolute Gasteiger partial charge is 0.416 e. The van der Waals surface area contributed by atoms with Gasteiger partial charge in [0.05, 0.1) is 25.3 Å². The maximum atomic E-state index is 13.8. The van der Waals surface area contributed by atoms with E-state index in [0.29, 0.717) is 70.7 Å². The molecule has 172 valence electrons. The number of piperazine rings is 1. The smallest absolute Gasteiger partial charge is 0.378 e. The molecule has 1 amide bonds. The molecule has 2 fully saturated rings. The number of guanidine groups is 1. The Hall–Kier alpha value is -2.49. The molecule has 10 heteroatoms. The lowest BCUT2D eigenvalue weighted by Crippen LogP contribution is -2.53. The normalized spacial score (nSPS) is 18.4. The first kappa shape index (κ1) is 23.2. The molecule has 1 aromatic rings. The molecule has 1 N–H and O–H groups in total. The Morgan fingerprint density at radius 3 is 2.32 bits per heavy atom. The third-order valence-corrected chi connectivity index (χ3v) is 5.53. The predicted octanol–water partition coefficient (Wildman–Crippen LogP) is 2.17. The number of rotatable bonds is 4. The monoisotopic (exact) mass is 441 g/mol. The summed E-state index contributed by atoms with van der Waals surface area (Å²) in [6, 6.07) is 4.47. The van der Waals surface area contributed by atoms with Crippen LogP contribution in [0.4, 0.5) is 18.9 Å². The molecule has 0 aromatic heterocycles. The summed E-state index contributed by atoms with van der Waals surface area (Å²) in [5, 5.41) is 3.16. The molecule has 1 aromatic carbocycles. The summed E-state index contributed by atoms with van der Waals surface area (Å²) in [7, 11) is 0. The Balaban J connectivity index is 1.78. The number of benzene rings is 1. The summed E-state index contributed by atoms with van der Waals surface area (Å²) in [5.41, 5.74) is 0.0374. The number of ether oxygens (including phenoxy) is 1. The number of alkyl halides is 3. The van der Waals surface area contributed by atoms with Crippen LogP contribution in [0.1, 0.15) is 25.0 Å². The fraction of sp³-hybridized carbons (Fsp3) is 0.619. The summed E-state index contributed by atoms with van der Waals surface area (Å²) in [6.07, 6.45) is -4.46. The Bertz CT molecular complexity index is 786. The summed E-state index contributed by atoms with van der Waals surface area (Å²) in [4.78, 5) is 21.7. The highest BCUT2D eigenvalue weighted by atomic mass is 19.4. The average Bonchev–Trinajstić information content (AvgIpc) is 2.76. The molecule has 2 aliphatic rings. The van der Waals surface area contributed by atoms with Crippen LogP contribution in [0.2, 0.25) is 0 Å². The SMILES string of the molecule is CCNC(=NCc1ccc(N2CCOCC2)cc1C(F)(F)F)N1CCN(C(C)=O)CC1. The van der Waals surface area contributed by atoms with Gasteiger partial charge in [0.15, 0.2) is 5.96 Å². The third-order valence-electron chi connectivity index (χ3n) is 5.53. The number of halogens is 3. The molecule has 2 aliphatic heterocycles. The Morgan fingerprint density at radius 1 is 1.10 bits per heavy atom. The first-order valence-corrected chi connectivity index (χ1v) is 10.6. The molecule has 0 spiro atoms. The number of morpholine rings is 1. The molecule has 3 rings (SSSR count). The van der Waals surface area contributed by atoms with Gasteiger partial charge in [-0.15, -0.1) is 0 Å². The van der Waals surface area contributed by atoms with Gasteiger partial charge in [0, 0.05) is 58.4 Å². The van der Waals surface area contributed by atoms with E-state index >= 15 is 0 Å². The van der Waals surface area contributed by atoms with Gasteiger partial charge in [-0.25, -0.2) is 4.99 Å². The second-order valence-electron chi connectivity index (χ2n) is 7.60. The number of nitrogens with zero attached hydrogens (tertiary/aromatic N) is 4. The fourth-order valence-corrected chi connectivity index (χ4v) is 3.80. The molecule has 0 unspecified atom stereocenters. The zero-order valence-corrected chi connectivity index (χ0v) is 18.0. The van der Waals surface area contributed by atoms with Gasteiger partial charge >= 0.3 is 6.18 Å². The van der Waals surface area contributed by atoms with Gasteiger partial charge in [-0.2, -0.15) is 13.2 Å². The van der Waals surface area contributed by atoms with Crippen molar-refractivity contribution in [1.82, 2.24) is 15.1 Å². The lowest BCUT2D eigenvalue weighted by Gasteiger charge is -2.36. The fourth-order valence-electron chi connectivity index (χ4n) is 3.80. The van der Waals surface area contributed by atoms with E-state index in [1.807, 2.05) is 16.7 Å². The minimum atomic E-state index is -4.46. The van der Waals surface area contributed by atoms with Crippen molar-refractivity contribution in [2.75, 3.05) is 63.9 Å². The zero-order chi connectivity index (χ0) is 22.4. The molecule has 0 aliphatic carbocycles. The van der Waals surface area contributed by atoms with E-state index in [2.05, 4.69) is 10.3 Å². The van der Waals surface area contributed by atoms with E-state index < -0.39 is 11.7 Å². The molecule has 0 radical (unpaired) electrons. The quantitative estimate of drug-likeness (QED) is 0.573. The standard InChI is InChI=1S/C21H30F3N5O2/c1-3-25-20(29-8-6-27(7-9-29)16(2)30)26-15-17-4-5-18(14-19(17)21(22,23)24)28-10-12-31-13-11-28/h4-5,14H,3,6-13,15H2,1-2H3,(H,25,26). The molecule has 7 nitrogen and oxygen atoms in total. The van der Waals surface area contributed by atoms with E-state index in [1.54, 1.807) is 11.0 Å². The van der Waals surface area contributed by atoms with Gasteiger partial charge in [-0.05, 0) is 24.6 Å². The summed E-state index contributed by atoms with van der Waals surface area (Å²) >= 11 is 0. The predicted molar refractivity (Wildman–Crippen MR) is 113 cm³/mol. The maximum absolute atomic E-state index is 13.8. The number of nitrogens with one attached hydrogen (secondary N) is 1. The van der Waals surface area contributed by atoms with Gasteiger partial charge in [-0.3, -0.25) is 4.79 Å². The summed E-state index contributed by atoms with van der Waals surface area (Å²) in [5.74, 6) is 0.591. The van der Waals surface area contributed by atoms with Crippen molar-refractivity contribution in [2.24, 2.45) is 4.99 Å². The topological polar surface area (TPSA) is 60.4 Å². The van der Waals surface area contributed by atoms with E-state index in [1.165, 1.54) is 19.1 Å². The van der Waals surface area contributed by atoms with Crippen LogP contribution in [-0.4, -0.2) is 80.7 Å². The van der Waals surface area contributed by atoms with Crippen molar-refractivity contribution in [2.45, 2.75) is 26.6 Å². The highest BCUT2D eigenvalue weighted by molar-refractivity contribution is 5.80. The number of anilines is 1.